The van der Waals surface area contributed by atoms with Gasteiger partial charge in [0, 0.05) is 64.1 Å². The molecule has 8 aromatic carbocycles. The van der Waals surface area contributed by atoms with E-state index in [0.717, 1.165) is 95.7 Å². The van der Waals surface area contributed by atoms with Crippen LogP contribution in [0.2, 0.25) is 0 Å². The predicted molar refractivity (Wildman–Crippen MR) is 262 cm³/mol. The molecule has 63 heavy (non-hydrogen) atoms. The summed E-state index contributed by atoms with van der Waals surface area (Å²) in [6.45, 7) is 0. The van der Waals surface area contributed by atoms with Crippen LogP contribution in [0.15, 0.2) is 199 Å². The lowest BCUT2D eigenvalue weighted by Gasteiger charge is -2.22. The smallest absolute Gasteiger partial charge is 0.164 e. The highest BCUT2D eigenvalue weighted by Gasteiger charge is 2.26. The van der Waals surface area contributed by atoms with Gasteiger partial charge in [-0.1, -0.05) is 146 Å². The van der Waals surface area contributed by atoms with Gasteiger partial charge in [-0.3, -0.25) is 0 Å². The summed E-state index contributed by atoms with van der Waals surface area (Å²) >= 11 is 1.82. The molecule has 6 heteroatoms. The van der Waals surface area contributed by atoms with Gasteiger partial charge in [0.05, 0.1) is 22.1 Å². The molecule has 0 spiro atoms. The van der Waals surface area contributed by atoms with E-state index >= 15 is 0 Å². The Morgan fingerprint density at radius 1 is 0.444 bits per heavy atom. The van der Waals surface area contributed by atoms with Gasteiger partial charge >= 0.3 is 0 Å². The van der Waals surface area contributed by atoms with Gasteiger partial charge in [0.15, 0.2) is 17.5 Å². The molecule has 0 atom stereocenters. The number of nitrogens with zero attached hydrogens (tertiary/aromatic N) is 4. The minimum atomic E-state index is 0.617. The van der Waals surface area contributed by atoms with E-state index in [0.29, 0.717) is 17.5 Å². The van der Waals surface area contributed by atoms with E-state index in [1.165, 1.54) is 25.7 Å². The molecule has 12 aromatic rings. The van der Waals surface area contributed by atoms with E-state index in [-0.39, 0.29) is 0 Å². The van der Waals surface area contributed by atoms with Crippen LogP contribution in [-0.2, 0) is 0 Å². The van der Waals surface area contributed by atoms with Crippen LogP contribution in [0.25, 0.3) is 120 Å². The van der Waals surface area contributed by atoms with Crippen molar-refractivity contribution in [3.8, 4) is 51.0 Å². The topological polar surface area (TPSA) is 56.7 Å². The van der Waals surface area contributed by atoms with Crippen LogP contribution in [-0.4, -0.2) is 19.5 Å². The molecule has 0 radical (unpaired) electrons. The van der Waals surface area contributed by atoms with Gasteiger partial charge in [-0.05, 0) is 72.5 Å². The van der Waals surface area contributed by atoms with Crippen molar-refractivity contribution in [2.24, 2.45) is 0 Å². The monoisotopic (exact) mass is 824 g/mol. The van der Waals surface area contributed by atoms with Crippen LogP contribution >= 0.6 is 11.3 Å². The van der Waals surface area contributed by atoms with Crippen LogP contribution in [0.3, 0.4) is 0 Å². The lowest BCUT2D eigenvalue weighted by molar-refractivity contribution is 0.677. The Bertz CT molecular complexity index is 3780. The van der Waals surface area contributed by atoms with Crippen molar-refractivity contribution in [2.45, 2.75) is 12.8 Å². The number of hydrogen-bond donors (Lipinski definition) is 0. The quantitative estimate of drug-likeness (QED) is 0.168. The SMILES string of the molecule is C1=CC(c2cc(-c3nc(-c4ccccc4)nc(-c4ccccc4)n3)cc(-c3ccccc3)c2-n2c3ccccc3c3c4oc5c(ccc6sc7ccccc7c65)c4ccc32)=CCC1. The summed E-state index contributed by atoms with van der Waals surface area (Å²) in [5.41, 5.74) is 12.4. The lowest BCUT2D eigenvalue weighted by atomic mass is 9.90. The Labute approximate surface area is 366 Å². The van der Waals surface area contributed by atoms with Crippen molar-refractivity contribution < 1.29 is 4.42 Å². The van der Waals surface area contributed by atoms with Crippen LogP contribution in [0, 0.1) is 0 Å². The molecule has 5 nitrogen and oxygen atoms in total. The summed E-state index contributed by atoms with van der Waals surface area (Å²) in [4.78, 5) is 15.5. The normalized spacial score (nSPS) is 13.0. The number of para-hydroxylation sites is 1. The molecular weight excluding hydrogens is 789 g/mol. The fourth-order valence-electron chi connectivity index (χ4n) is 9.61. The average molecular weight is 825 g/mol. The number of benzene rings is 8. The van der Waals surface area contributed by atoms with E-state index in [1.54, 1.807) is 0 Å². The Kier molecular flexibility index (Phi) is 8.14. The first-order valence-corrected chi connectivity index (χ1v) is 22.2. The number of hydrogen-bond acceptors (Lipinski definition) is 5. The average Bonchev–Trinajstić information content (AvgIpc) is 4.04. The molecule has 4 heterocycles. The summed E-state index contributed by atoms with van der Waals surface area (Å²) in [7, 11) is 0. The zero-order valence-corrected chi connectivity index (χ0v) is 34.8. The number of aromatic nitrogens is 4. The largest absolute Gasteiger partial charge is 0.455 e. The molecule has 13 rings (SSSR count). The first kappa shape index (κ1) is 35.8. The van der Waals surface area contributed by atoms with Gasteiger partial charge in [-0.2, -0.15) is 0 Å². The fraction of sp³-hybridized carbons (Fsp3) is 0.0351. The van der Waals surface area contributed by atoms with Crippen molar-refractivity contribution in [3.05, 3.63) is 200 Å². The van der Waals surface area contributed by atoms with E-state index in [2.05, 4.69) is 162 Å². The second kappa shape index (κ2) is 14.3. The predicted octanol–water partition coefficient (Wildman–Crippen LogP) is 15.6. The zero-order chi connectivity index (χ0) is 41.4. The lowest BCUT2D eigenvalue weighted by Crippen LogP contribution is -2.05. The molecule has 0 saturated heterocycles. The third kappa shape index (κ3) is 5.72. The van der Waals surface area contributed by atoms with Gasteiger partial charge < -0.3 is 8.98 Å². The second-order valence-electron chi connectivity index (χ2n) is 16.2. The third-order valence-corrected chi connectivity index (χ3v) is 13.6. The zero-order valence-electron chi connectivity index (χ0n) is 34.0. The minimum Gasteiger partial charge on any atom is -0.455 e. The molecular formula is C57H36N4OS. The first-order chi connectivity index (χ1) is 31.2. The molecule has 1 aliphatic carbocycles. The summed E-state index contributed by atoms with van der Waals surface area (Å²) in [6.07, 6.45) is 8.90. The Morgan fingerprint density at radius 3 is 1.73 bits per heavy atom. The maximum Gasteiger partial charge on any atom is 0.164 e. The van der Waals surface area contributed by atoms with Gasteiger partial charge in [0.25, 0.3) is 0 Å². The fourth-order valence-corrected chi connectivity index (χ4v) is 10.7. The van der Waals surface area contributed by atoms with Crippen LogP contribution in [0.4, 0.5) is 0 Å². The summed E-state index contributed by atoms with van der Waals surface area (Å²) in [6, 6.07) is 62.2. The molecule has 0 bridgehead atoms. The number of fused-ring (bicyclic) bond motifs is 11. The van der Waals surface area contributed by atoms with Gasteiger partial charge in [0.2, 0.25) is 0 Å². The van der Waals surface area contributed by atoms with E-state index < -0.39 is 0 Å². The molecule has 296 valence electrons. The van der Waals surface area contributed by atoms with Crippen molar-refractivity contribution in [3.63, 3.8) is 0 Å². The van der Waals surface area contributed by atoms with Crippen molar-refractivity contribution in [1.82, 2.24) is 19.5 Å². The van der Waals surface area contributed by atoms with E-state index in [4.69, 9.17) is 19.4 Å². The van der Waals surface area contributed by atoms with Gasteiger partial charge in [-0.15, -0.1) is 11.3 Å². The van der Waals surface area contributed by atoms with E-state index in [9.17, 15) is 0 Å². The highest BCUT2D eigenvalue weighted by atomic mass is 32.1. The number of thiophene rings is 1. The first-order valence-electron chi connectivity index (χ1n) is 21.4. The maximum absolute atomic E-state index is 7.18. The molecule has 0 saturated carbocycles. The second-order valence-corrected chi connectivity index (χ2v) is 17.3. The molecule has 4 aromatic heterocycles. The summed E-state index contributed by atoms with van der Waals surface area (Å²) < 4.78 is 12.2. The standard InChI is InChI=1S/C57H36N4OS/c1-5-17-35(18-6-1)44-33-39(57-59-55(37-21-9-3-10-22-37)58-56(60-57)38-23-11-4-12-24-38)34-45(36-19-7-2-8-20-36)52(44)61-46-27-15-13-25-42(46)50-47(61)31-29-40-41-30-32-49-51(54(41)62-53(40)50)43-26-14-16-28-48(43)63-49/h1,3-7,9-34H,2,8H2. The molecule has 0 unspecified atom stereocenters. The highest BCUT2D eigenvalue weighted by Crippen LogP contribution is 2.48. The van der Waals surface area contributed by atoms with Crippen molar-refractivity contribution in [1.29, 1.82) is 0 Å². The van der Waals surface area contributed by atoms with Crippen LogP contribution in [0.5, 0.6) is 0 Å². The Balaban J connectivity index is 1.13. The van der Waals surface area contributed by atoms with Gasteiger partial charge in [0.1, 0.15) is 11.2 Å². The summed E-state index contributed by atoms with van der Waals surface area (Å²) in [5.74, 6) is 1.88. The van der Waals surface area contributed by atoms with Crippen molar-refractivity contribution in [2.75, 3.05) is 0 Å². The van der Waals surface area contributed by atoms with Crippen LogP contribution in [0.1, 0.15) is 18.4 Å². The minimum absolute atomic E-state index is 0.617. The molecule has 0 amide bonds. The maximum atomic E-state index is 7.18. The number of furan rings is 1. The Morgan fingerprint density at radius 2 is 1.03 bits per heavy atom. The number of allylic oxidation sites excluding steroid dienone is 4. The Hall–Kier alpha value is -7.93. The third-order valence-electron chi connectivity index (χ3n) is 12.5. The van der Waals surface area contributed by atoms with Gasteiger partial charge in [-0.25, -0.2) is 15.0 Å². The van der Waals surface area contributed by atoms with Crippen LogP contribution < -0.4 is 0 Å². The molecule has 1 aliphatic rings. The number of rotatable bonds is 6. The highest BCUT2D eigenvalue weighted by molar-refractivity contribution is 7.26. The molecule has 0 N–H and O–H groups in total. The molecule has 0 aliphatic heterocycles. The summed E-state index contributed by atoms with van der Waals surface area (Å²) in [5, 5.41) is 6.92. The molecule has 0 fully saturated rings. The van der Waals surface area contributed by atoms with Crippen molar-refractivity contribution >= 4 is 80.8 Å². The van der Waals surface area contributed by atoms with E-state index in [1.807, 2.05) is 47.7 Å².